The second-order valence-electron chi connectivity index (χ2n) is 9.35. The quantitative estimate of drug-likeness (QED) is 0.361. The SMILES string of the molecule is COc1ccc2c(c1)c(CC(=O)N(c1ccccc1)C1CCNCC1)c(C)n2C(=O)c1ccc(Cl)cc1. The van der Waals surface area contributed by atoms with Crippen LogP contribution in [-0.2, 0) is 11.2 Å². The summed E-state index contributed by atoms with van der Waals surface area (Å²) < 4.78 is 7.18. The molecule has 5 rings (SSSR count). The fourth-order valence-electron chi connectivity index (χ4n) is 5.24. The first-order chi connectivity index (χ1) is 18.0. The fraction of sp³-hybridized carbons (Fsp3) is 0.267. The number of ether oxygens (including phenoxy) is 1. The van der Waals surface area contributed by atoms with Crippen molar-refractivity contribution in [1.82, 2.24) is 9.88 Å². The molecule has 1 fully saturated rings. The van der Waals surface area contributed by atoms with Crippen LogP contribution in [0.15, 0.2) is 72.8 Å². The van der Waals surface area contributed by atoms with Crippen molar-refractivity contribution >= 4 is 40.0 Å². The van der Waals surface area contributed by atoms with E-state index in [9.17, 15) is 9.59 Å². The Bertz CT molecular complexity index is 1420. The number of halogens is 1. The monoisotopic (exact) mass is 515 g/mol. The lowest BCUT2D eigenvalue weighted by molar-refractivity contribution is -0.118. The lowest BCUT2D eigenvalue weighted by Gasteiger charge is -2.35. The van der Waals surface area contributed by atoms with E-state index < -0.39 is 0 Å². The molecular weight excluding hydrogens is 486 g/mol. The van der Waals surface area contributed by atoms with E-state index in [1.165, 1.54) is 0 Å². The average Bonchev–Trinajstić information content (AvgIpc) is 3.20. The summed E-state index contributed by atoms with van der Waals surface area (Å²) in [6.07, 6.45) is 1.96. The number of hydrogen-bond acceptors (Lipinski definition) is 4. The van der Waals surface area contributed by atoms with Crippen molar-refractivity contribution in [2.45, 2.75) is 32.2 Å². The number of carbonyl (C=O) groups is 2. The Morgan fingerprint density at radius 1 is 1.03 bits per heavy atom. The largest absolute Gasteiger partial charge is 0.497 e. The summed E-state index contributed by atoms with van der Waals surface area (Å²) >= 11 is 6.05. The highest BCUT2D eigenvalue weighted by Crippen LogP contribution is 2.32. The molecule has 0 radical (unpaired) electrons. The van der Waals surface area contributed by atoms with Crippen molar-refractivity contribution in [3.8, 4) is 5.75 Å². The molecule has 4 aromatic rings. The van der Waals surface area contributed by atoms with Crippen molar-refractivity contribution < 1.29 is 14.3 Å². The molecular formula is C30H30ClN3O3. The van der Waals surface area contributed by atoms with E-state index in [1.807, 2.05) is 60.4 Å². The van der Waals surface area contributed by atoms with Crippen LogP contribution in [0.25, 0.3) is 10.9 Å². The van der Waals surface area contributed by atoms with Crippen LogP contribution in [0.2, 0.25) is 5.02 Å². The van der Waals surface area contributed by atoms with Crippen LogP contribution in [0.1, 0.15) is 34.5 Å². The van der Waals surface area contributed by atoms with Crippen LogP contribution in [0, 0.1) is 6.92 Å². The molecule has 1 amide bonds. The molecule has 0 atom stereocenters. The number of amides is 1. The maximum Gasteiger partial charge on any atom is 0.262 e. The zero-order chi connectivity index (χ0) is 25.9. The standard InChI is InChI=1S/C30H30ClN3O3/c1-20-26(19-29(35)34(23-6-4-3-5-7-23)24-14-16-32-17-15-24)27-18-25(37-2)12-13-28(27)33(20)30(36)21-8-10-22(31)11-9-21/h3-13,18,24,32H,14-17,19H2,1-2H3. The van der Waals surface area contributed by atoms with E-state index in [-0.39, 0.29) is 24.3 Å². The number of fused-ring (bicyclic) bond motifs is 1. The highest BCUT2D eigenvalue weighted by molar-refractivity contribution is 6.30. The van der Waals surface area contributed by atoms with E-state index >= 15 is 0 Å². The van der Waals surface area contributed by atoms with Gasteiger partial charge in [0.05, 0.1) is 19.0 Å². The summed E-state index contributed by atoms with van der Waals surface area (Å²) in [6, 6.07) is 22.5. The van der Waals surface area contributed by atoms with Crippen LogP contribution < -0.4 is 15.0 Å². The molecule has 2 heterocycles. The molecule has 1 aromatic heterocycles. The molecule has 37 heavy (non-hydrogen) atoms. The minimum Gasteiger partial charge on any atom is -0.497 e. The number of anilines is 1. The zero-order valence-electron chi connectivity index (χ0n) is 21.0. The van der Waals surface area contributed by atoms with E-state index in [0.717, 1.165) is 53.8 Å². The Hall–Kier alpha value is -3.61. The molecule has 7 heteroatoms. The van der Waals surface area contributed by atoms with Crippen molar-refractivity contribution in [3.05, 3.63) is 94.6 Å². The Morgan fingerprint density at radius 3 is 2.41 bits per heavy atom. The smallest absolute Gasteiger partial charge is 0.262 e. The summed E-state index contributed by atoms with van der Waals surface area (Å²) in [5, 5.41) is 4.80. The number of hydrogen-bond donors (Lipinski definition) is 1. The molecule has 3 aromatic carbocycles. The highest BCUT2D eigenvalue weighted by atomic mass is 35.5. The first-order valence-electron chi connectivity index (χ1n) is 12.5. The molecule has 0 aliphatic carbocycles. The number of nitrogens with one attached hydrogen (secondary N) is 1. The molecule has 190 valence electrons. The molecule has 1 aliphatic rings. The minimum absolute atomic E-state index is 0.0158. The summed E-state index contributed by atoms with van der Waals surface area (Å²) in [4.78, 5) is 29.6. The Kier molecular flexibility index (Phi) is 7.31. The molecule has 1 N–H and O–H groups in total. The lowest BCUT2D eigenvalue weighted by Crippen LogP contribution is -2.47. The zero-order valence-corrected chi connectivity index (χ0v) is 21.8. The number of carbonyl (C=O) groups excluding carboxylic acids is 2. The van der Waals surface area contributed by atoms with Gasteiger partial charge in [-0.05, 0) is 93.0 Å². The Labute approximate surface area is 221 Å². The van der Waals surface area contributed by atoms with Gasteiger partial charge in [-0.15, -0.1) is 0 Å². The van der Waals surface area contributed by atoms with Crippen LogP contribution >= 0.6 is 11.6 Å². The normalized spacial score (nSPS) is 14.0. The maximum atomic E-state index is 14.0. The molecule has 6 nitrogen and oxygen atoms in total. The van der Waals surface area contributed by atoms with Gasteiger partial charge in [0.25, 0.3) is 5.91 Å². The maximum absolute atomic E-state index is 14.0. The predicted octanol–water partition coefficient (Wildman–Crippen LogP) is 5.63. The topological polar surface area (TPSA) is 63.6 Å². The number of aromatic nitrogens is 1. The van der Waals surface area contributed by atoms with Gasteiger partial charge in [0.2, 0.25) is 5.91 Å². The molecule has 0 bridgehead atoms. The minimum atomic E-state index is -0.165. The third-order valence-electron chi connectivity index (χ3n) is 7.14. The van der Waals surface area contributed by atoms with Crippen molar-refractivity contribution in [2.24, 2.45) is 0 Å². The fourth-order valence-corrected chi connectivity index (χ4v) is 5.37. The number of benzene rings is 3. The van der Waals surface area contributed by atoms with Crippen LogP contribution in [-0.4, -0.2) is 42.6 Å². The molecule has 1 saturated heterocycles. The van der Waals surface area contributed by atoms with Crippen LogP contribution in [0.4, 0.5) is 5.69 Å². The van der Waals surface area contributed by atoms with Crippen molar-refractivity contribution in [1.29, 1.82) is 0 Å². The van der Waals surface area contributed by atoms with Gasteiger partial charge in [-0.3, -0.25) is 14.2 Å². The summed E-state index contributed by atoms with van der Waals surface area (Å²) in [7, 11) is 1.61. The summed E-state index contributed by atoms with van der Waals surface area (Å²) in [5.74, 6) is 0.527. The molecule has 0 unspecified atom stereocenters. The number of rotatable bonds is 6. The van der Waals surface area contributed by atoms with Crippen molar-refractivity contribution in [3.63, 3.8) is 0 Å². The molecule has 1 aliphatic heterocycles. The van der Waals surface area contributed by atoms with E-state index in [1.54, 1.807) is 35.9 Å². The van der Waals surface area contributed by atoms with E-state index in [2.05, 4.69) is 5.32 Å². The lowest BCUT2D eigenvalue weighted by atomic mass is 10.0. The second kappa shape index (κ2) is 10.8. The summed E-state index contributed by atoms with van der Waals surface area (Å²) in [5.41, 5.74) is 3.74. The number of para-hydroxylation sites is 1. The third kappa shape index (κ3) is 4.99. The Balaban J connectivity index is 1.58. The van der Waals surface area contributed by atoms with Gasteiger partial charge >= 0.3 is 0 Å². The van der Waals surface area contributed by atoms with Crippen molar-refractivity contribution in [2.75, 3.05) is 25.1 Å². The number of nitrogens with zero attached hydrogens (tertiary/aromatic N) is 2. The van der Waals surface area contributed by atoms with E-state index in [4.69, 9.17) is 16.3 Å². The van der Waals surface area contributed by atoms with Gasteiger partial charge in [0, 0.05) is 33.4 Å². The van der Waals surface area contributed by atoms with Gasteiger partial charge in [-0.25, -0.2) is 0 Å². The molecule has 0 spiro atoms. The van der Waals surface area contributed by atoms with Gasteiger partial charge < -0.3 is 15.0 Å². The van der Waals surface area contributed by atoms with Gasteiger partial charge in [-0.2, -0.15) is 0 Å². The first kappa shape index (κ1) is 25.1. The van der Waals surface area contributed by atoms with Gasteiger partial charge in [-0.1, -0.05) is 29.8 Å². The number of methoxy groups -OCH3 is 1. The second-order valence-corrected chi connectivity index (χ2v) is 9.79. The summed E-state index contributed by atoms with van der Waals surface area (Å²) in [6.45, 7) is 3.67. The van der Waals surface area contributed by atoms with Gasteiger partial charge in [0.15, 0.2) is 0 Å². The number of piperidine rings is 1. The highest BCUT2D eigenvalue weighted by Gasteiger charge is 2.29. The van der Waals surface area contributed by atoms with E-state index in [0.29, 0.717) is 16.3 Å². The van der Waals surface area contributed by atoms with Gasteiger partial charge in [0.1, 0.15) is 5.75 Å². The average molecular weight is 516 g/mol. The first-order valence-corrected chi connectivity index (χ1v) is 12.9. The third-order valence-corrected chi connectivity index (χ3v) is 7.39. The van der Waals surface area contributed by atoms with Crippen LogP contribution in [0.3, 0.4) is 0 Å². The predicted molar refractivity (Wildman–Crippen MR) is 148 cm³/mol. The molecule has 0 saturated carbocycles. The van der Waals surface area contributed by atoms with Crippen LogP contribution in [0.5, 0.6) is 5.75 Å². The Morgan fingerprint density at radius 2 is 1.73 bits per heavy atom.